The summed E-state index contributed by atoms with van der Waals surface area (Å²) in [6.45, 7) is 7.49. The molecule has 36 heavy (non-hydrogen) atoms. The van der Waals surface area contributed by atoms with Crippen LogP contribution < -0.4 is 21.3 Å². The van der Waals surface area contributed by atoms with Crippen LogP contribution in [0.3, 0.4) is 0 Å². The minimum absolute atomic E-state index is 0.105. The van der Waals surface area contributed by atoms with Crippen molar-refractivity contribution >= 4 is 28.9 Å². The number of carbonyl (C=O) groups is 1. The zero-order valence-electron chi connectivity index (χ0n) is 20.7. The molecular weight excluding hydrogens is 476 g/mol. The van der Waals surface area contributed by atoms with Crippen molar-refractivity contribution < 1.29 is 14.6 Å². The monoisotopic (exact) mass is 508 g/mol. The molecule has 3 aromatic rings. The highest BCUT2D eigenvalue weighted by molar-refractivity contribution is 6.34. The summed E-state index contributed by atoms with van der Waals surface area (Å²) in [5, 5.41) is 11.6. The molecule has 0 bridgehead atoms. The van der Waals surface area contributed by atoms with E-state index >= 15 is 0 Å². The SMILES string of the molecule is CCN(N)c1ccc(C(CC(=O)O)c2ccc(C)c(CN3CCOc4ccccc4C3)c2)c(Cl)c1N. The molecule has 0 saturated carbocycles. The first-order valence-electron chi connectivity index (χ1n) is 12.1. The van der Waals surface area contributed by atoms with Gasteiger partial charge in [-0.25, -0.2) is 5.84 Å². The maximum absolute atomic E-state index is 11.9. The number of hydrogen-bond donors (Lipinski definition) is 3. The minimum atomic E-state index is -0.906. The Balaban J connectivity index is 1.67. The van der Waals surface area contributed by atoms with Crippen LogP contribution in [0.5, 0.6) is 5.75 Å². The van der Waals surface area contributed by atoms with Gasteiger partial charge >= 0.3 is 5.97 Å². The molecule has 190 valence electrons. The molecule has 1 aliphatic heterocycles. The molecule has 0 aliphatic carbocycles. The average Bonchev–Trinajstić information content (AvgIpc) is 3.07. The number of benzene rings is 3. The van der Waals surface area contributed by atoms with E-state index in [1.165, 1.54) is 5.01 Å². The molecule has 0 aromatic heterocycles. The lowest BCUT2D eigenvalue weighted by Crippen LogP contribution is -2.31. The van der Waals surface area contributed by atoms with E-state index in [9.17, 15) is 9.90 Å². The molecule has 1 atom stereocenters. The smallest absolute Gasteiger partial charge is 0.304 e. The molecule has 7 nitrogen and oxygen atoms in total. The number of aliphatic carboxylic acids is 1. The van der Waals surface area contributed by atoms with Gasteiger partial charge in [-0.05, 0) is 48.2 Å². The van der Waals surface area contributed by atoms with Crippen LogP contribution in [0, 0.1) is 6.92 Å². The Morgan fingerprint density at radius 1 is 1.22 bits per heavy atom. The lowest BCUT2D eigenvalue weighted by molar-refractivity contribution is -0.137. The van der Waals surface area contributed by atoms with E-state index in [1.807, 2.05) is 43.3 Å². The molecule has 0 spiro atoms. The summed E-state index contributed by atoms with van der Waals surface area (Å²) >= 11 is 6.70. The number of halogens is 1. The molecule has 0 radical (unpaired) electrons. The largest absolute Gasteiger partial charge is 0.492 e. The summed E-state index contributed by atoms with van der Waals surface area (Å²) in [7, 11) is 0. The number of nitrogens with zero attached hydrogens (tertiary/aromatic N) is 2. The van der Waals surface area contributed by atoms with Gasteiger partial charge in [0, 0.05) is 37.7 Å². The number of carboxylic acids is 1. The second-order valence-electron chi connectivity index (χ2n) is 9.19. The highest BCUT2D eigenvalue weighted by Gasteiger charge is 2.24. The Hall–Kier alpha value is -3.26. The third kappa shape index (κ3) is 5.59. The van der Waals surface area contributed by atoms with Crippen molar-refractivity contribution in [3.05, 3.63) is 87.4 Å². The number of aryl methyl sites for hydroxylation is 1. The van der Waals surface area contributed by atoms with Crippen molar-refractivity contribution in [3.8, 4) is 5.75 Å². The third-order valence-corrected chi connectivity index (χ3v) is 7.21. The minimum Gasteiger partial charge on any atom is -0.492 e. The zero-order valence-corrected chi connectivity index (χ0v) is 21.5. The quantitative estimate of drug-likeness (QED) is 0.225. The van der Waals surface area contributed by atoms with Crippen molar-refractivity contribution in [2.24, 2.45) is 5.84 Å². The Morgan fingerprint density at radius 2 is 2.00 bits per heavy atom. The standard InChI is InChI=1S/C28H33ClN4O3/c1-3-33(31)24-11-10-22(27(29)28(24)30)23(15-26(34)35)19-9-8-18(2)21(14-19)17-32-12-13-36-25-7-5-4-6-20(25)16-32/h4-11,14,23H,3,12-13,15-17,30-31H2,1-2H3,(H,34,35). The summed E-state index contributed by atoms with van der Waals surface area (Å²) in [5.41, 5.74) is 12.3. The van der Waals surface area contributed by atoms with Crippen molar-refractivity contribution in [1.82, 2.24) is 4.90 Å². The van der Waals surface area contributed by atoms with Crippen molar-refractivity contribution in [1.29, 1.82) is 0 Å². The molecule has 1 aliphatic rings. The van der Waals surface area contributed by atoms with Crippen LogP contribution in [-0.2, 0) is 17.9 Å². The number of fused-ring (bicyclic) bond motifs is 1. The fraction of sp³-hybridized carbons (Fsp3) is 0.321. The van der Waals surface area contributed by atoms with Crippen molar-refractivity contribution in [3.63, 3.8) is 0 Å². The van der Waals surface area contributed by atoms with Gasteiger partial charge in [0.1, 0.15) is 12.4 Å². The number of nitrogens with two attached hydrogens (primary N) is 2. The number of hydrogen-bond acceptors (Lipinski definition) is 6. The summed E-state index contributed by atoms with van der Waals surface area (Å²) < 4.78 is 5.92. The van der Waals surface area contributed by atoms with E-state index in [4.69, 9.17) is 27.9 Å². The first-order chi connectivity index (χ1) is 17.3. The van der Waals surface area contributed by atoms with Crippen molar-refractivity contribution in [2.45, 2.75) is 39.3 Å². The van der Waals surface area contributed by atoms with E-state index in [-0.39, 0.29) is 6.42 Å². The number of rotatable bonds is 8. The van der Waals surface area contributed by atoms with E-state index in [0.29, 0.717) is 35.1 Å². The molecule has 1 heterocycles. The fourth-order valence-corrected chi connectivity index (χ4v) is 5.00. The molecule has 5 N–H and O–H groups in total. The number of hydrazine groups is 1. The van der Waals surface area contributed by atoms with Crippen LogP contribution in [0.1, 0.15) is 47.1 Å². The molecule has 8 heteroatoms. The number of ether oxygens (including phenoxy) is 1. The average molecular weight is 509 g/mol. The first-order valence-corrected chi connectivity index (χ1v) is 12.5. The van der Waals surface area contributed by atoms with Crippen LogP contribution in [0.15, 0.2) is 54.6 Å². The van der Waals surface area contributed by atoms with E-state index in [2.05, 4.69) is 24.0 Å². The zero-order chi connectivity index (χ0) is 25.8. The lowest BCUT2D eigenvalue weighted by Gasteiger charge is -2.25. The van der Waals surface area contributed by atoms with Crippen LogP contribution >= 0.6 is 11.6 Å². The summed E-state index contributed by atoms with van der Waals surface area (Å²) in [4.78, 5) is 14.2. The molecule has 3 aromatic carbocycles. The van der Waals surface area contributed by atoms with Crippen LogP contribution in [0.2, 0.25) is 5.02 Å². The van der Waals surface area contributed by atoms with Gasteiger partial charge < -0.3 is 20.6 Å². The Morgan fingerprint density at radius 3 is 2.75 bits per heavy atom. The molecule has 4 rings (SSSR count). The van der Waals surface area contributed by atoms with E-state index < -0.39 is 11.9 Å². The van der Waals surface area contributed by atoms with Gasteiger partial charge in [0.05, 0.1) is 22.8 Å². The Kier molecular flexibility index (Phi) is 8.04. The Bertz CT molecular complexity index is 1250. The fourth-order valence-electron chi connectivity index (χ4n) is 4.71. The summed E-state index contributed by atoms with van der Waals surface area (Å²) in [5.74, 6) is 5.61. The highest BCUT2D eigenvalue weighted by atomic mass is 35.5. The summed E-state index contributed by atoms with van der Waals surface area (Å²) in [6.07, 6.45) is -0.105. The van der Waals surface area contributed by atoms with Gasteiger partial charge in [-0.1, -0.05) is 54.1 Å². The van der Waals surface area contributed by atoms with Gasteiger partial charge in [-0.15, -0.1) is 0 Å². The van der Waals surface area contributed by atoms with E-state index in [0.717, 1.165) is 47.6 Å². The molecule has 0 saturated heterocycles. The van der Waals surface area contributed by atoms with Gasteiger partial charge in [0.15, 0.2) is 0 Å². The van der Waals surface area contributed by atoms with Gasteiger partial charge in [0.2, 0.25) is 0 Å². The number of anilines is 2. The number of para-hydroxylation sites is 1. The predicted molar refractivity (Wildman–Crippen MR) is 144 cm³/mol. The van der Waals surface area contributed by atoms with Gasteiger partial charge in [0.25, 0.3) is 0 Å². The molecule has 0 fully saturated rings. The maximum Gasteiger partial charge on any atom is 0.304 e. The normalized spacial score (nSPS) is 14.4. The molecule has 0 amide bonds. The van der Waals surface area contributed by atoms with Crippen LogP contribution in [0.4, 0.5) is 11.4 Å². The van der Waals surface area contributed by atoms with E-state index in [1.54, 1.807) is 6.07 Å². The highest BCUT2D eigenvalue weighted by Crippen LogP contribution is 2.40. The molecular formula is C28H33ClN4O3. The van der Waals surface area contributed by atoms with Crippen molar-refractivity contribution in [2.75, 3.05) is 30.4 Å². The number of carboxylic acid groups (broad SMARTS) is 1. The Labute approximate surface area is 217 Å². The van der Waals surface area contributed by atoms with Gasteiger partial charge in [-0.2, -0.15) is 0 Å². The second kappa shape index (κ2) is 11.2. The second-order valence-corrected chi connectivity index (χ2v) is 9.57. The van der Waals surface area contributed by atoms with Crippen LogP contribution in [-0.4, -0.2) is 35.7 Å². The third-order valence-electron chi connectivity index (χ3n) is 6.79. The summed E-state index contributed by atoms with van der Waals surface area (Å²) in [6, 6.07) is 17.9. The van der Waals surface area contributed by atoms with Gasteiger partial charge in [-0.3, -0.25) is 9.69 Å². The predicted octanol–water partition coefficient (Wildman–Crippen LogP) is 4.93. The first kappa shape index (κ1) is 25.8. The topological polar surface area (TPSA) is 105 Å². The van der Waals surface area contributed by atoms with Crippen LogP contribution in [0.25, 0.3) is 0 Å². The lowest BCUT2D eigenvalue weighted by atomic mass is 9.86. The number of nitrogen functional groups attached to an aromatic ring is 1. The molecule has 1 unspecified atom stereocenters. The maximum atomic E-state index is 11.9.